The molecule has 1 saturated carbocycles. The van der Waals surface area contributed by atoms with Gasteiger partial charge in [-0.05, 0) is 36.5 Å². The third-order valence-corrected chi connectivity index (χ3v) is 3.61. The molecule has 0 radical (unpaired) electrons. The van der Waals surface area contributed by atoms with Crippen molar-refractivity contribution in [3.63, 3.8) is 0 Å². The first-order chi connectivity index (χ1) is 7.52. The van der Waals surface area contributed by atoms with Crippen molar-refractivity contribution in [2.45, 2.75) is 25.7 Å². The van der Waals surface area contributed by atoms with Gasteiger partial charge in [-0.15, -0.1) is 0 Å². The summed E-state index contributed by atoms with van der Waals surface area (Å²) >= 11 is 0. The van der Waals surface area contributed by atoms with Crippen molar-refractivity contribution < 1.29 is 14.6 Å². The minimum Gasteiger partial charge on any atom is -0.496 e. The maximum Gasteiger partial charge on any atom is 0.314 e. The number of hydrogen-bond donors (Lipinski definition) is 1. The number of hydrogen-bond acceptors (Lipinski definition) is 2. The van der Waals surface area contributed by atoms with Crippen molar-refractivity contribution in [1.29, 1.82) is 0 Å². The fraction of sp³-hybridized carbons (Fsp3) is 0.462. The standard InChI is InChI=1S/C13H16O3/c1-8-4-5-10(6-11(8)16-3)13(12(14)15)7-9(13)2/h4-6,9H,7H2,1-3H3,(H,14,15). The van der Waals surface area contributed by atoms with E-state index in [2.05, 4.69) is 0 Å². The molecule has 0 aliphatic heterocycles. The first-order valence-electron chi connectivity index (χ1n) is 5.41. The summed E-state index contributed by atoms with van der Waals surface area (Å²) < 4.78 is 5.23. The zero-order valence-corrected chi connectivity index (χ0v) is 9.78. The van der Waals surface area contributed by atoms with E-state index in [1.54, 1.807) is 7.11 Å². The molecule has 0 aromatic heterocycles. The second-order valence-electron chi connectivity index (χ2n) is 4.57. The number of aliphatic carboxylic acids is 1. The van der Waals surface area contributed by atoms with E-state index in [4.69, 9.17) is 4.74 Å². The molecule has 0 saturated heterocycles. The summed E-state index contributed by atoms with van der Waals surface area (Å²) in [4.78, 5) is 11.3. The Balaban J connectivity index is 2.45. The van der Waals surface area contributed by atoms with Crippen LogP contribution in [-0.2, 0) is 10.2 Å². The van der Waals surface area contributed by atoms with E-state index in [0.29, 0.717) is 6.42 Å². The fourth-order valence-electron chi connectivity index (χ4n) is 2.35. The maximum absolute atomic E-state index is 11.3. The molecule has 1 aromatic rings. The molecule has 86 valence electrons. The smallest absolute Gasteiger partial charge is 0.314 e. The predicted octanol–water partition coefficient (Wildman–Crippen LogP) is 2.37. The third kappa shape index (κ3) is 1.39. The zero-order valence-electron chi connectivity index (χ0n) is 9.78. The maximum atomic E-state index is 11.3. The van der Waals surface area contributed by atoms with Gasteiger partial charge in [0, 0.05) is 0 Å². The number of carboxylic acids is 1. The van der Waals surface area contributed by atoms with Crippen LogP contribution >= 0.6 is 0 Å². The average Bonchev–Trinajstić information content (AvgIpc) is 2.92. The van der Waals surface area contributed by atoms with Gasteiger partial charge in [-0.25, -0.2) is 0 Å². The second kappa shape index (κ2) is 3.51. The summed E-state index contributed by atoms with van der Waals surface area (Å²) in [5.41, 5.74) is 1.20. The molecule has 2 rings (SSSR count). The summed E-state index contributed by atoms with van der Waals surface area (Å²) in [6, 6.07) is 5.67. The van der Waals surface area contributed by atoms with Crippen LogP contribution in [-0.4, -0.2) is 18.2 Å². The molecule has 0 amide bonds. The van der Waals surface area contributed by atoms with Crippen LogP contribution in [0.5, 0.6) is 5.75 Å². The number of rotatable bonds is 3. The molecular weight excluding hydrogens is 204 g/mol. The highest BCUT2D eigenvalue weighted by atomic mass is 16.5. The number of carboxylic acid groups (broad SMARTS) is 1. The van der Waals surface area contributed by atoms with Gasteiger partial charge in [0.15, 0.2) is 0 Å². The summed E-state index contributed by atoms with van der Waals surface area (Å²) in [7, 11) is 1.61. The van der Waals surface area contributed by atoms with Gasteiger partial charge in [-0.2, -0.15) is 0 Å². The number of benzene rings is 1. The van der Waals surface area contributed by atoms with Crippen molar-refractivity contribution in [2.75, 3.05) is 7.11 Å². The van der Waals surface area contributed by atoms with Crippen LogP contribution in [0.1, 0.15) is 24.5 Å². The van der Waals surface area contributed by atoms with Crippen molar-refractivity contribution >= 4 is 5.97 Å². The first kappa shape index (κ1) is 11.0. The average molecular weight is 220 g/mol. The second-order valence-corrected chi connectivity index (χ2v) is 4.57. The summed E-state index contributed by atoms with van der Waals surface area (Å²) in [6.07, 6.45) is 0.717. The summed E-state index contributed by atoms with van der Waals surface area (Å²) in [5.74, 6) is 0.237. The summed E-state index contributed by atoms with van der Waals surface area (Å²) in [6.45, 7) is 3.92. The highest BCUT2D eigenvalue weighted by molar-refractivity contribution is 5.86. The molecule has 16 heavy (non-hydrogen) atoms. The zero-order chi connectivity index (χ0) is 11.9. The van der Waals surface area contributed by atoms with Gasteiger partial charge in [0.2, 0.25) is 0 Å². The minimum absolute atomic E-state index is 0.206. The molecule has 2 atom stereocenters. The van der Waals surface area contributed by atoms with Crippen molar-refractivity contribution in [2.24, 2.45) is 5.92 Å². The predicted molar refractivity (Wildman–Crippen MR) is 60.8 cm³/mol. The van der Waals surface area contributed by atoms with E-state index in [1.807, 2.05) is 32.0 Å². The Bertz CT molecular complexity index is 439. The molecule has 1 aromatic carbocycles. The number of ether oxygens (including phenoxy) is 1. The fourth-order valence-corrected chi connectivity index (χ4v) is 2.35. The van der Waals surface area contributed by atoms with E-state index >= 15 is 0 Å². The van der Waals surface area contributed by atoms with Crippen LogP contribution in [0.3, 0.4) is 0 Å². The van der Waals surface area contributed by atoms with Crippen LogP contribution in [0, 0.1) is 12.8 Å². The van der Waals surface area contributed by atoms with Gasteiger partial charge >= 0.3 is 5.97 Å². The number of carbonyl (C=O) groups is 1. The Labute approximate surface area is 95.0 Å². The lowest BCUT2D eigenvalue weighted by molar-refractivity contribution is -0.140. The molecule has 2 unspecified atom stereocenters. The van der Waals surface area contributed by atoms with E-state index < -0.39 is 11.4 Å². The van der Waals surface area contributed by atoms with Crippen molar-refractivity contribution in [3.8, 4) is 5.75 Å². The van der Waals surface area contributed by atoms with Gasteiger partial charge in [-0.3, -0.25) is 4.79 Å². The molecule has 1 fully saturated rings. The molecule has 0 heterocycles. The monoisotopic (exact) mass is 220 g/mol. The van der Waals surface area contributed by atoms with Gasteiger partial charge in [0.1, 0.15) is 5.75 Å². The Kier molecular flexibility index (Phi) is 2.41. The highest BCUT2D eigenvalue weighted by Gasteiger charge is 2.59. The van der Waals surface area contributed by atoms with Gasteiger partial charge in [0.05, 0.1) is 12.5 Å². The van der Waals surface area contributed by atoms with Crippen LogP contribution < -0.4 is 4.74 Å². The minimum atomic E-state index is -0.731. The largest absolute Gasteiger partial charge is 0.496 e. The third-order valence-electron chi connectivity index (χ3n) is 3.61. The Morgan fingerprint density at radius 1 is 1.56 bits per heavy atom. The molecular formula is C13H16O3. The van der Waals surface area contributed by atoms with E-state index in [9.17, 15) is 9.90 Å². The quantitative estimate of drug-likeness (QED) is 0.850. The number of methoxy groups -OCH3 is 1. The van der Waals surface area contributed by atoms with Crippen LogP contribution in [0.25, 0.3) is 0 Å². The van der Waals surface area contributed by atoms with E-state index in [-0.39, 0.29) is 5.92 Å². The lowest BCUT2D eigenvalue weighted by Gasteiger charge is -2.14. The first-order valence-corrected chi connectivity index (χ1v) is 5.41. The van der Waals surface area contributed by atoms with Crippen molar-refractivity contribution in [3.05, 3.63) is 29.3 Å². The lowest BCUT2D eigenvalue weighted by Crippen LogP contribution is -2.21. The molecule has 1 aliphatic carbocycles. The Morgan fingerprint density at radius 3 is 2.62 bits per heavy atom. The molecule has 0 bridgehead atoms. The molecule has 0 spiro atoms. The van der Waals surface area contributed by atoms with Gasteiger partial charge < -0.3 is 9.84 Å². The van der Waals surface area contributed by atoms with Gasteiger partial charge in [0.25, 0.3) is 0 Å². The van der Waals surface area contributed by atoms with Crippen molar-refractivity contribution in [1.82, 2.24) is 0 Å². The Morgan fingerprint density at radius 2 is 2.19 bits per heavy atom. The molecule has 3 heteroatoms. The summed E-state index contributed by atoms with van der Waals surface area (Å²) in [5, 5.41) is 9.32. The van der Waals surface area contributed by atoms with Crippen LogP contribution in [0.15, 0.2) is 18.2 Å². The number of aryl methyl sites for hydroxylation is 1. The molecule has 3 nitrogen and oxygen atoms in total. The normalized spacial score (nSPS) is 27.6. The van der Waals surface area contributed by atoms with E-state index in [1.165, 1.54) is 0 Å². The van der Waals surface area contributed by atoms with E-state index in [0.717, 1.165) is 16.9 Å². The van der Waals surface area contributed by atoms with Gasteiger partial charge in [-0.1, -0.05) is 19.1 Å². The van der Waals surface area contributed by atoms with Crippen LogP contribution in [0.4, 0.5) is 0 Å². The topological polar surface area (TPSA) is 46.5 Å². The Hall–Kier alpha value is -1.51. The molecule has 1 aliphatic rings. The SMILES string of the molecule is COc1cc(C2(C(=O)O)CC2C)ccc1C. The lowest BCUT2D eigenvalue weighted by atomic mass is 9.92. The van der Waals surface area contributed by atoms with Crippen LogP contribution in [0.2, 0.25) is 0 Å². The molecule has 1 N–H and O–H groups in total. The highest BCUT2D eigenvalue weighted by Crippen LogP contribution is 2.54.